The maximum absolute atomic E-state index is 5.59. The number of fused-ring (bicyclic) bond motifs is 1. The van der Waals surface area contributed by atoms with Gasteiger partial charge in [-0.25, -0.2) is 0 Å². The first-order valence-corrected chi connectivity index (χ1v) is 6.96. The highest BCUT2D eigenvalue weighted by Gasteiger charge is 2.12. The van der Waals surface area contributed by atoms with Crippen molar-refractivity contribution in [2.75, 3.05) is 0 Å². The Bertz CT molecular complexity index is 574. The van der Waals surface area contributed by atoms with Crippen LogP contribution in [0.1, 0.15) is 38.3 Å². The minimum Gasteiger partial charge on any atom is -0.297 e. The SMILES string of the molecule is C#CC(CCC)NC(C)c1cccc2ccccc12. The van der Waals surface area contributed by atoms with Crippen molar-refractivity contribution < 1.29 is 0 Å². The molecule has 0 saturated carbocycles. The molecule has 0 aliphatic heterocycles. The zero-order valence-corrected chi connectivity index (χ0v) is 11.7. The molecule has 0 spiro atoms. The van der Waals surface area contributed by atoms with E-state index in [4.69, 9.17) is 6.42 Å². The molecule has 2 aromatic rings. The molecule has 0 aliphatic rings. The monoisotopic (exact) mass is 251 g/mol. The fourth-order valence-corrected chi connectivity index (χ4v) is 2.52. The maximum Gasteiger partial charge on any atom is 0.0691 e. The van der Waals surface area contributed by atoms with Crippen LogP contribution in [0.5, 0.6) is 0 Å². The van der Waals surface area contributed by atoms with Gasteiger partial charge in [-0.05, 0) is 29.7 Å². The number of nitrogens with one attached hydrogen (secondary N) is 1. The molecule has 0 amide bonds. The van der Waals surface area contributed by atoms with Gasteiger partial charge in [-0.1, -0.05) is 61.7 Å². The quantitative estimate of drug-likeness (QED) is 0.782. The number of hydrogen-bond acceptors (Lipinski definition) is 1. The molecule has 1 N–H and O–H groups in total. The second-order valence-corrected chi connectivity index (χ2v) is 4.96. The van der Waals surface area contributed by atoms with Gasteiger partial charge in [-0.15, -0.1) is 6.42 Å². The third kappa shape index (κ3) is 3.16. The summed E-state index contributed by atoms with van der Waals surface area (Å²) in [5, 5.41) is 6.12. The van der Waals surface area contributed by atoms with E-state index in [0.717, 1.165) is 12.8 Å². The number of benzene rings is 2. The number of rotatable bonds is 5. The molecule has 2 rings (SSSR count). The van der Waals surface area contributed by atoms with Gasteiger partial charge in [0.15, 0.2) is 0 Å². The zero-order chi connectivity index (χ0) is 13.7. The number of terminal acetylenes is 1. The van der Waals surface area contributed by atoms with E-state index in [1.54, 1.807) is 0 Å². The average Bonchev–Trinajstić information content (AvgIpc) is 2.46. The Labute approximate surface area is 116 Å². The Morgan fingerprint density at radius 2 is 1.89 bits per heavy atom. The summed E-state index contributed by atoms with van der Waals surface area (Å²) in [5.41, 5.74) is 1.31. The molecule has 1 nitrogen and oxygen atoms in total. The van der Waals surface area contributed by atoms with E-state index in [0.29, 0.717) is 0 Å². The molecule has 0 bridgehead atoms. The third-order valence-electron chi connectivity index (χ3n) is 3.52. The summed E-state index contributed by atoms with van der Waals surface area (Å²) in [6, 6.07) is 15.3. The fraction of sp³-hybridized carbons (Fsp3) is 0.333. The van der Waals surface area contributed by atoms with Gasteiger partial charge in [-0.3, -0.25) is 5.32 Å². The molecule has 0 saturated heterocycles. The lowest BCUT2D eigenvalue weighted by molar-refractivity contribution is 0.497. The van der Waals surface area contributed by atoms with Gasteiger partial charge < -0.3 is 0 Å². The molecule has 0 aromatic heterocycles. The van der Waals surface area contributed by atoms with E-state index in [1.807, 2.05) is 0 Å². The van der Waals surface area contributed by atoms with E-state index in [9.17, 15) is 0 Å². The van der Waals surface area contributed by atoms with Crippen LogP contribution in [0, 0.1) is 12.3 Å². The van der Waals surface area contributed by atoms with E-state index < -0.39 is 0 Å². The van der Waals surface area contributed by atoms with Crippen molar-refractivity contribution in [1.82, 2.24) is 5.32 Å². The van der Waals surface area contributed by atoms with Crippen molar-refractivity contribution in [3.8, 4) is 12.3 Å². The second-order valence-electron chi connectivity index (χ2n) is 4.96. The van der Waals surface area contributed by atoms with Gasteiger partial charge in [0.25, 0.3) is 0 Å². The summed E-state index contributed by atoms with van der Waals surface area (Å²) >= 11 is 0. The van der Waals surface area contributed by atoms with Crippen LogP contribution >= 0.6 is 0 Å². The predicted octanol–water partition coefficient (Wildman–Crippen LogP) is 4.29. The Morgan fingerprint density at radius 1 is 1.16 bits per heavy atom. The normalized spacial score (nSPS) is 13.9. The molecule has 19 heavy (non-hydrogen) atoms. The Morgan fingerprint density at radius 3 is 2.63 bits per heavy atom. The van der Waals surface area contributed by atoms with Crippen LogP contribution in [-0.4, -0.2) is 6.04 Å². The molecular formula is C18H21N. The zero-order valence-electron chi connectivity index (χ0n) is 11.7. The van der Waals surface area contributed by atoms with E-state index in [-0.39, 0.29) is 12.1 Å². The summed E-state index contributed by atoms with van der Waals surface area (Å²) in [7, 11) is 0. The third-order valence-corrected chi connectivity index (χ3v) is 3.52. The highest BCUT2D eigenvalue weighted by atomic mass is 14.9. The summed E-state index contributed by atoms with van der Waals surface area (Å²) < 4.78 is 0. The Kier molecular flexibility index (Phi) is 4.60. The fourth-order valence-electron chi connectivity index (χ4n) is 2.52. The minimum absolute atomic E-state index is 0.152. The first kappa shape index (κ1) is 13.6. The summed E-state index contributed by atoms with van der Waals surface area (Å²) in [4.78, 5) is 0. The highest BCUT2D eigenvalue weighted by Crippen LogP contribution is 2.24. The highest BCUT2D eigenvalue weighted by molar-refractivity contribution is 5.86. The maximum atomic E-state index is 5.59. The molecule has 0 aliphatic carbocycles. The van der Waals surface area contributed by atoms with Crippen molar-refractivity contribution in [3.05, 3.63) is 48.0 Å². The first-order valence-electron chi connectivity index (χ1n) is 6.96. The molecule has 2 unspecified atom stereocenters. The first-order chi connectivity index (χ1) is 9.26. The largest absolute Gasteiger partial charge is 0.297 e. The van der Waals surface area contributed by atoms with E-state index in [2.05, 4.69) is 67.5 Å². The van der Waals surface area contributed by atoms with E-state index in [1.165, 1.54) is 16.3 Å². The standard InChI is InChI=1S/C18H21N/c1-4-9-16(5-2)19-14(3)17-13-8-11-15-10-6-7-12-18(15)17/h2,6-8,10-14,16,19H,4,9H2,1,3H3. The van der Waals surface area contributed by atoms with Crippen LogP contribution in [0.3, 0.4) is 0 Å². The van der Waals surface area contributed by atoms with Crippen LogP contribution in [0.4, 0.5) is 0 Å². The van der Waals surface area contributed by atoms with Gasteiger partial charge in [0.1, 0.15) is 0 Å². The van der Waals surface area contributed by atoms with Crippen molar-refractivity contribution in [2.24, 2.45) is 0 Å². The Balaban J connectivity index is 2.26. The second kappa shape index (κ2) is 6.41. The van der Waals surface area contributed by atoms with Crippen LogP contribution in [-0.2, 0) is 0 Å². The predicted molar refractivity (Wildman–Crippen MR) is 83.0 cm³/mol. The van der Waals surface area contributed by atoms with E-state index >= 15 is 0 Å². The summed E-state index contributed by atoms with van der Waals surface area (Å²) in [6.45, 7) is 4.34. The molecule has 0 fully saturated rings. The molecule has 0 radical (unpaired) electrons. The summed E-state index contributed by atoms with van der Waals surface area (Å²) in [5.74, 6) is 2.84. The molecular weight excluding hydrogens is 230 g/mol. The molecule has 98 valence electrons. The minimum atomic E-state index is 0.152. The van der Waals surface area contributed by atoms with Crippen molar-refractivity contribution in [2.45, 2.75) is 38.8 Å². The van der Waals surface area contributed by atoms with Crippen LogP contribution in [0.2, 0.25) is 0 Å². The Hall–Kier alpha value is -1.78. The molecule has 2 aromatic carbocycles. The van der Waals surface area contributed by atoms with Gasteiger partial charge in [0, 0.05) is 6.04 Å². The average molecular weight is 251 g/mol. The van der Waals surface area contributed by atoms with Crippen molar-refractivity contribution in [1.29, 1.82) is 0 Å². The van der Waals surface area contributed by atoms with Gasteiger partial charge in [-0.2, -0.15) is 0 Å². The van der Waals surface area contributed by atoms with Gasteiger partial charge >= 0.3 is 0 Å². The smallest absolute Gasteiger partial charge is 0.0691 e. The lowest BCUT2D eigenvalue weighted by Gasteiger charge is -2.20. The molecule has 2 atom stereocenters. The van der Waals surface area contributed by atoms with Crippen LogP contribution in [0.25, 0.3) is 10.8 Å². The van der Waals surface area contributed by atoms with Crippen LogP contribution in [0.15, 0.2) is 42.5 Å². The lowest BCUT2D eigenvalue weighted by Crippen LogP contribution is -2.30. The topological polar surface area (TPSA) is 12.0 Å². The van der Waals surface area contributed by atoms with Gasteiger partial charge in [0.2, 0.25) is 0 Å². The van der Waals surface area contributed by atoms with Crippen LogP contribution < -0.4 is 5.32 Å². The summed E-state index contributed by atoms with van der Waals surface area (Å²) in [6.07, 6.45) is 7.71. The number of hydrogen-bond donors (Lipinski definition) is 1. The molecule has 1 heteroatoms. The lowest BCUT2D eigenvalue weighted by atomic mass is 9.99. The van der Waals surface area contributed by atoms with Gasteiger partial charge in [0.05, 0.1) is 6.04 Å². The molecule has 0 heterocycles. The van der Waals surface area contributed by atoms with Crippen molar-refractivity contribution >= 4 is 10.8 Å². The van der Waals surface area contributed by atoms with Crippen molar-refractivity contribution in [3.63, 3.8) is 0 Å².